The van der Waals surface area contributed by atoms with Crippen LogP contribution in [0.15, 0.2) is 69.6 Å². The zero-order valence-electron chi connectivity index (χ0n) is 10.9. The fourth-order valence-electron chi connectivity index (χ4n) is 2.20. The predicted molar refractivity (Wildman–Crippen MR) is 93.7 cm³/mol. The molecular weight excluding hydrogens is 394 g/mol. The minimum atomic E-state index is -0.134. The van der Waals surface area contributed by atoms with Crippen LogP contribution in [0.4, 0.5) is 5.69 Å². The van der Waals surface area contributed by atoms with Crippen LogP contribution in [0, 0.1) is 0 Å². The molecule has 0 aromatic heterocycles. The van der Waals surface area contributed by atoms with Crippen LogP contribution in [0.5, 0.6) is 0 Å². The van der Waals surface area contributed by atoms with Gasteiger partial charge >= 0.3 is 0 Å². The van der Waals surface area contributed by atoms with Crippen LogP contribution < -0.4 is 5.32 Å². The number of amides is 1. The molecule has 0 saturated carbocycles. The molecule has 3 rings (SSSR count). The summed E-state index contributed by atoms with van der Waals surface area (Å²) in [6, 6.07) is 19.4. The van der Waals surface area contributed by atoms with Gasteiger partial charge in [0.15, 0.2) is 0 Å². The molecule has 3 aromatic carbocycles. The molecule has 0 heterocycles. The van der Waals surface area contributed by atoms with Gasteiger partial charge in [0.25, 0.3) is 5.91 Å². The molecule has 104 valence electrons. The Labute approximate surface area is 139 Å². The third-order valence-corrected chi connectivity index (χ3v) is 4.36. The lowest BCUT2D eigenvalue weighted by molar-refractivity contribution is 0.102. The second kappa shape index (κ2) is 6.00. The Hall–Kier alpha value is -1.65. The monoisotopic (exact) mass is 403 g/mol. The second-order valence-corrected chi connectivity index (χ2v) is 6.38. The van der Waals surface area contributed by atoms with E-state index in [1.807, 2.05) is 54.6 Å². The summed E-state index contributed by atoms with van der Waals surface area (Å²) in [6.07, 6.45) is 0. The van der Waals surface area contributed by atoms with Gasteiger partial charge in [-0.3, -0.25) is 4.79 Å². The average molecular weight is 405 g/mol. The zero-order valence-corrected chi connectivity index (χ0v) is 14.1. The molecule has 0 aliphatic carbocycles. The number of carbonyl (C=O) groups is 1. The van der Waals surface area contributed by atoms with Gasteiger partial charge in [-0.05, 0) is 45.6 Å². The summed E-state index contributed by atoms with van der Waals surface area (Å²) in [7, 11) is 0. The molecule has 0 fully saturated rings. The van der Waals surface area contributed by atoms with Crippen LogP contribution in [0.25, 0.3) is 10.8 Å². The summed E-state index contributed by atoms with van der Waals surface area (Å²) in [4.78, 5) is 12.4. The first-order chi connectivity index (χ1) is 10.1. The lowest BCUT2D eigenvalue weighted by Gasteiger charge is -2.10. The number of rotatable bonds is 2. The fourth-order valence-corrected chi connectivity index (χ4v) is 3.42. The van der Waals surface area contributed by atoms with E-state index in [-0.39, 0.29) is 5.91 Å². The minimum absolute atomic E-state index is 0.134. The van der Waals surface area contributed by atoms with Gasteiger partial charge in [0.1, 0.15) is 0 Å². The van der Waals surface area contributed by atoms with E-state index in [1.54, 1.807) is 6.07 Å². The molecule has 3 aromatic rings. The molecule has 0 spiro atoms. The Morgan fingerprint density at radius 2 is 1.67 bits per heavy atom. The number of carbonyl (C=O) groups excluding carboxylic acids is 1. The van der Waals surface area contributed by atoms with Gasteiger partial charge in [0.05, 0.1) is 5.56 Å². The minimum Gasteiger partial charge on any atom is -0.321 e. The molecule has 0 unspecified atom stereocenters. The third-order valence-electron chi connectivity index (χ3n) is 3.21. The normalized spacial score (nSPS) is 10.6. The van der Waals surface area contributed by atoms with E-state index < -0.39 is 0 Å². The molecule has 1 N–H and O–H groups in total. The van der Waals surface area contributed by atoms with Gasteiger partial charge < -0.3 is 5.32 Å². The first-order valence-electron chi connectivity index (χ1n) is 6.39. The maximum atomic E-state index is 12.4. The number of nitrogens with one attached hydrogen (secondary N) is 1. The first-order valence-corrected chi connectivity index (χ1v) is 7.98. The van der Waals surface area contributed by atoms with Crippen LogP contribution in [-0.4, -0.2) is 5.91 Å². The van der Waals surface area contributed by atoms with Crippen LogP contribution in [0.1, 0.15) is 10.4 Å². The van der Waals surface area contributed by atoms with Crippen molar-refractivity contribution in [2.24, 2.45) is 0 Å². The summed E-state index contributed by atoms with van der Waals surface area (Å²) in [6.45, 7) is 0. The molecule has 0 aliphatic rings. The molecule has 1 amide bonds. The van der Waals surface area contributed by atoms with E-state index in [4.69, 9.17) is 0 Å². The molecule has 0 radical (unpaired) electrons. The van der Waals surface area contributed by atoms with E-state index >= 15 is 0 Å². The number of anilines is 1. The van der Waals surface area contributed by atoms with Gasteiger partial charge in [-0.25, -0.2) is 0 Å². The highest BCUT2D eigenvalue weighted by molar-refractivity contribution is 9.11. The van der Waals surface area contributed by atoms with E-state index in [9.17, 15) is 4.79 Å². The van der Waals surface area contributed by atoms with Crippen molar-refractivity contribution >= 4 is 54.2 Å². The molecule has 0 saturated heterocycles. The molecule has 4 heteroatoms. The Morgan fingerprint density at radius 3 is 2.48 bits per heavy atom. The molecule has 0 atom stereocenters. The van der Waals surface area contributed by atoms with Crippen molar-refractivity contribution in [3.8, 4) is 0 Å². The van der Waals surface area contributed by atoms with E-state index in [0.29, 0.717) is 5.56 Å². The fraction of sp³-hybridized carbons (Fsp3) is 0. The van der Waals surface area contributed by atoms with Crippen molar-refractivity contribution < 1.29 is 4.79 Å². The van der Waals surface area contributed by atoms with Crippen LogP contribution >= 0.6 is 31.9 Å². The van der Waals surface area contributed by atoms with Crippen molar-refractivity contribution in [1.82, 2.24) is 0 Å². The van der Waals surface area contributed by atoms with Crippen molar-refractivity contribution in [1.29, 1.82) is 0 Å². The van der Waals surface area contributed by atoms with Crippen LogP contribution in [0.2, 0.25) is 0 Å². The highest BCUT2D eigenvalue weighted by Crippen LogP contribution is 2.26. The highest BCUT2D eigenvalue weighted by Gasteiger charge is 2.11. The number of hydrogen-bond donors (Lipinski definition) is 1. The highest BCUT2D eigenvalue weighted by atomic mass is 79.9. The molecule has 2 nitrogen and oxygen atoms in total. The van der Waals surface area contributed by atoms with Crippen LogP contribution in [0.3, 0.4) is 0 Å². The summed E-state index contributed by atoms with van der Waals surface area (Å²) in [5.74, 6) is -0.134. The van der Waals surface area contributed by atoms with Gasteiger partial charge in [0.2, 0.25) is 0 Å². The van der Waals surface area contributed by atoms with Crippen molar-refractivity contribution in [2.45, 2.75) is 0 Å². The van der Waals surface area contributed by atoms with Gasteiger partial charge in [-0.1, -0.05) is 52.3 Å². The smallest absolute Gasteiger partial charge is 0.256 e. The number of fused-ring (bicyclic) bond motifs is 1. The van der Waals surface area contributed by atoms with Crippen molar-refractivity contribution in [3.63, 3.8) is 0 Å². The number of benzene rings is 3. The molecule has 21 heavy (non-hydrogen) atoms. The summed E-state index contributed by atoms with van der Waals surface area (Å²) >= 11 is 6.80. The standard InChI is InChI=1S/C17H11Br2NO/c18-12-8-9-14(15(19)10-12)17(21)20-16-7-3-5-11-4-1-2-6-13(11)16/h1-10H,(H,20,21). The quantitative estimate of drug-likeness (QED) is 0.590. The van der Waals surface area contributed by atoms with Gasteiger partial charge in [-0.15, -0.1) is 0 Å². The SMILES string of the molecule is O=C(Nc1cccc2ccccc12)c1ccc(Br)cc1Br. The number of halogens is 2. The number of hydrogen-bond acceptors (Lipinski definition) is 1. The van der Waals surface area contributed by atoms with Crippen molar-refractivity contribution in [2.75, 3.05) is 5.32 Å². The summed E-state index contributed by atoms with van der Waals surface area (Å²) in [5.41, 5.74) is 1.42. The predicted octanol–water partition coefficient (Wildman–Crippen LogP) is 5.62. The third kappa shape index (κ3) is 3.01. The van der Waals surface area contributed by atoms with Crippen molar-refractivity contribution in [3.05, 3.63) is 75.2 Å². The van der Waals surface area contributed by atoms with Crippen LogP contribution in [-0.2, 0) is 0 Å². The Balaban J connectivity index is 1.97. The van der Waals surface area contributed by atoms with Gasteiger partial charge in [-0.2, -0.15) is 0 Å². The second-order valence-electron chi connectivity index (χ2n) is 4.61. The molecular formula is C17H11Br2NO. The first kappa shape index (κ1) is 14.3. The van der Waals surface area contributed by atoms with Gasteiger partial charge in [0, 0.05) is 20.0 Å². The molecule has 0 aliphatic heterocycles. The molecule has 0 bridgehead atoms. The van der Waals surface area contributed by atoms with E-state index in [1.165, 1.54) is 0 Å². The summed E-state index contributed by atoms with van der Waals surface area (Å²) in [5, 5.41) is 5.11. The lowest BCUT2D eigenvalue weighted by Crippen LogP contribution is -2.12. The largest absolute Gasteiger partial charge is 0.321 e. The zero-order chi connectivity index (χ0) is 14.8. The van der Waals surface area contributed by atoms with E-state index in [0.717, 1.165) is 25.4 Å². The Morgan fingerprint density at radius 1 is 0.905 bits per heavy atom. The maximum Gasteiger partial charge on any atom is 0.256 e. The summed E-state index contributed by atoms with van der Waals surface area (Å²) < 4.78 is 1.69. The Bertz CT molecular complexity index is 825. The topological polar surface area (TPSA) is 29.1 Å². The lowest BCUT2D eigenvalue weighted by atomic mass is 10.1. The average Bonchev–Trinajstić information content (AvgIpc) is 2.47. The maximum absolute atomic E-state index is 12.4. The Kier molecular flexibility index (Phi) is 4.08. The van der Waals surface area contributed by atoms with E-state index in [2.05, 4.69) is 37.2 Å².